The van der Waals surface area contributed by atoms with Gasteiger partial charge < -0.3 is 0 Å². The lowest BCUT2D eigenvalue weighted by Gasteiger charge is -2.04. The highest BCUT2D eigenvalue weighted by Gasteiger charge is 1.96. The van der Waals surface area contributed by atoms with E-state index in [1.807, 2.05) is 0 Å². The molecule has 0 spiro atoms. The quantitative estimate of drug-likeness (QED) is 0.0584. The third-order valence-electron chi connectivity index (χ3n) is 5.77. The normalized spacial score (nSPS) is 11.3. The zero-order valence-electron chi connectivity index (χ0n) is 18.4. The molecule has 0 aromatic rings. The van der Waals surface area contributed by atoms with Crippen molar-refractivity contribution in [1.82, 2.24) is 0 Å². The fourth-order valence-electron chi connectivity index (χ4n) is 3.90. The van der Waals surface area contributed by atoms with E-state index in [1.54, 1.807) is 0 Å². The molecule has 0 nitrogen and oxygen atoms in total. The van der Waals surface area contributed by atoms with E-state index in [9.17, 15) is 0 Å². The van der Waals surface area contributed by atoms with Crippen LogP contribution in [0.25, 0.3) is 0 Å². The molecular formula is C25H50I2. The minimum absolute atomic E-state index is 1.34. The largest absolute Gasteiger partial charge is 0.0864 e. The van der Waals surface area contributed by atoms with E-state index in [2.05, 4.69) is 45.2 Å². The van der Waals surface area contributed by atoms with Gasteiger partial charge in [0, 0.05) is 0 Å². The van der Waals surface area contributed by atoms with Crippen LogP contribution in [0.1, 0.15) is 148 Å². The second-order valence-electron chi connectivity index (χ2n) is 8.51. The SMILES string of the molecule is ICCCCCCCCCCCCCCCCCCCCCCCCCI. The Kier molecular flexibility index (Phi) is 28.9. The first kappa shape index (κ1) is 28.5. The van der Waals surface area contributed by atoms with E-state index < -0.39 is 0 Å². The van der Waals surface area contributed by atoms with Gasteiger partial charge >= 0.3 is 0 Å². The van der Waals surface area contributed by atoms with E-state index in [0.29, 0.717) is 0 Å². The molecule has 0 rings (SSSR count). The summed E-state index contributed by atoms with van der Waals surface area (Å²) < 4.78 is 2.69. The van der Waals surface area contributed by atoms with Crippen molar-refractivity contribution in [3.8, 4) is 0 Å². The van der Waals surface area contributed by atoms with Crippen molar-refractivity contribution < 1.29 is 0 Å². The Balaban J connectivity index is 2.95. The molecule has 0 saturated heterocycles. The lowest BCUT2D eigenvalue weighted by molar-refractivity contribution is 0.519. The standard InChI is InChI=1S/C25H50I2/c26-24-22-20-18-16-14-12-10-8-6-4-2-1-3-5-7-9-11-13-15-17-19-21-23-25-27/h1-25H2. The lowest BCUT2D eigenvalue weighted by atomic mass is 10.0. The summed E-state index contributed by atoms with van der Waals surface area (Å²) >= 11 is 4.99. The Bertz CT molecular complexity index is 218. The fraction of sp³-hybridized carbons (Fsp3) is 1.00. The molecular weight excluding hydrogens is 554 g/mol. The number of rotatable bonds is 24. The Hall–Kier alpha value is 1.46. The highest BCUT2D eigenvalue weighted by atomic mass is 127. The number of unbranched alkanes of at least 4 members (excludes halogenated alkanes) is 22. The first-order valence-electron chi connectivity index (χ1n) is 12.5. The van der Waals surface area contributed by atoms with Gasteiger partial charge in [0.2, 0.25) is 0 Å². The molecule has 0 N–H and O–H groups in total. The third kappa shape index (κ3) is 27.5. The van der Waals surface area contributed by atoms with Gasteiger partial charge in [0.25, 0.3) is 0 Å². The molecule has 0 heterocycles. The molecule has 0 unspecified atom stereocenters. The zero-order chi connectivity index (χ0) is 19.7. The van der Waals surface area contributed by atoms with Crippen LogP contribution in [0.3, 0.4) is 0 Å². The van der Waals surface area contributed by atoms with Crippen molar-refractivity contribution >= 4 is 45.2 Å². The van der Waals surface area contributed by atoms with Gasteiger partial charge in [-0.3, -0.25) is 0 Å². The Morgan fingerprint density at radius 2 is 0.296 bits per heavy atom. The van der Waals surface area contributed by atoms with E-state index in [1.165, 1.54) is 157 Å². The van der Waals surface area contributed by atoms with Crippen molar-refractivity contribution in [3.63, 3.8) is 0 Å². The first-order chi connectivity index (χ1) is 13.4. The molecule has 27 heavy (non-hydrogen) atoms. The molecule has 0 aromatic carbocycles. The summed E-state index contributed by atoms with van der Waals surface area (Å²) in [4.78, 5) is 0. The van der Waals surface area contributed by atoms with Crippen LogP contribution in [0.4, 0.5) is 0 Å². The van der Waals surface area contributed by atoms with Crippen LogP contribution in [-0.4, -0.2) is 8.86 Å². The molecule has 0 aliphatic carbocycles. The molecule has 0 aromatic heterocycles. The van der Waals surface area contributed by atoms with Gasteiger partial charge in [0.15, 0.2) is 0 Å². The summed E-state index contributed by atoms with van der Waals surface area (Å²) in [5, 5.41) is 0. The Labute approximate surface area is 200 Å². The monoisotopic (exact) mass is 604 g/mol. The van der Waals surface area contributed by atoms with Crippen molar-refractivity contribution in [3.05, 3.63) is 0 Å². The number of halogens is 2. The average Bonchev–Trinajstić information content (AvgIpc) is 2.68. The van der Waals surface area contributed by atoms with Crippen molar-refractivity contribution in [1.29, 1.82) is 0 Å². The maximum atomic E-state index is 2.50. The smallest absolute Gasteiger partial charge is 0.000473 e. The summed E-state index contributed by atoms with van der Waals surface area (Å²) in [5.41, 5.74) is 0. The molecule has 0 saturated carbocycles. The topological polar surface area (TPSA) is 0 Å². The minimum Gasteiger partial charge on any atom is -0.0864 e. The maximum absolute atomic E-state index is 2.50. The summed E-state index contributed by atoms with van der Waals surface area (Å²) in [6.07, 6.45) is 34.1. The van der Waals surface area contributed by atoms with Gasteiger partial charge in [-0.05, 0) is 21.7 Å². The number of hydrogen-bond donors (Lipinski definition) is 0. The van der Waals surface area contributed by atoms with E-state index >= 15 is 0 Å². The van der Waals surface area contributed by atoms with Gasteiger partial charge in [0.05, 0.1) is 0 Å². The summed E-state index contributed by atoms with van der Waals surface area (Å²) in [6.45, 7) is 0. The minimum atomic E-state index is 1.34. The van der Waals surface area contributed by atoms with Gasteiger partial charge in [0.1, 0.15) is 0 Å². The number of hydrogen-bond acceptors (Lipinski definition) is 0. The van der Waals surface area contributed by atoms with Crippen molar-refractivity contribution in [2.24, 2.45) is 0 Å². The summed E-state index contributed by atoms with van der Waals surface area (Å²) in [6, 6.07) is 0. The van der Waals surface area contributed by atoms with Crippen LogP contribution < -0.4 is 0 Å². The van der Waals surface area contributed by atoms with Crippen LogP contribution in [0.15, 0.2) is 0 Å². The molecule has 0 radical (unpaired) electrons. The van der Waals surface area contributed by atoms with Gasteiger partial charge in [-0.2, -0.15) is 0 Å². The average molecular weight is 604 g/mol. The summed E-state index contributed by atoms with van der Waals surface area (Å²) in [5.74, 6) is 0. The Morgan fingerprint density at radius 1 is 0.185 bits per heavy atom. The van der Waals surface area contributed by atoms with E-state index in [-0.39, 0.29) is 0 Å². The van der Waals surface area contributed by atoms with Gasteiger partial charge in [-0.25, -0.2) is 0 Å². The second kappa shape index (κ2) is 27.5. The maximum Gasteiger partial charge on any atom is -0.000473 e. The van der Waals surface area contributed by atoms with Gasteiger partial charge in [-0.1, -0.05) is 180 Å². The third-order valence-corrected chi connectivity index (χ3v) is 7.29. The molecule has 164 valence electrons. The highest BCUT2D eigenvalue weighted by Crippen LogP contribution is 2.15. The molecule has 0 aliphatic heterocycles. The van der Waals surface area contributed by atoms with Crippen molar-refractivity contribution in [2.45, 2.75) is 148 Å². The molecule has 0 amide bonds. The Morgan fingerprint density at radius 3 is 0.407 bits per heavy atom. The van der Waals surface area contributed by atoms with Gasteiger partial charge in [-0.15, -0.1) is 0 Å². The highest BCUT2D eigenvalue weighted by molar-refractivity contribution is 14.1. The number of alkyl halides is 2. The molecule has 0 atom stereocenters. The molecule has 2 heteroatoms. The lowest BCUT2D eigenvalue weighted by Crippen LogP contribution is -1.84. The van der Waals surface area contributed by atoms with Crippen LogP contribution in [0.5, 0.6) is 0 Å². The summed E-state index contributed by atoms with van der Waals surface area (Å²) in [7, 11) is 0. The van der Waals surface area contributed by atoms with E-state index in [4.69, 9.17) is 0 Å². The predicted molar refractivity (Wildman–Crippen MR) is 144 cm³/mol. The van der Waals surface area contributed by atoms with Crippen LogP contribution >= 0.6 is 45.2 Å². The molecule has 0 bridgehead atoms. The van der Waals surface area contributed by atoms with Crippen molar-refractivity contribution in [2.75, 3.05) is 8.86 Å². The van der Waals surface area contributed by atoms with Crippen LogP contribution in [0, 0.1) is 0 Å². The van der Waals surface area contributed by atoms with E-state index in [0.717, 1.165) is 0 Å². The fourth-order valence-corrected chi connectivity index (χ4v) is 4.98. The second-order valence-corrected chi connectivity index (χ2v) is 10.7. The molecule has 0 fully saturated rings. The predicted octanol–water partition coefficient (Wildman–Crippen LogP) is 10.8. The van der Waals surface area contributed by atoms with Crippen LogP contribution in [-0.2, 0) is 0 Å². The molecule has 0 aliphatic rings. The zero-order valence-corrected chi connectivity index (χ0v) is 22.7. The van der Waals surface area contributed by atoms with Crippen LogP contribution in [0.2, 0.25) is 0 Å². The first-order valence-corrected chi connectivity index (χ1v) is 15.6.